The summed E-state index contributed by atoms with van der Waals surface area (Å²) in [5, 5.41) is 9.12. The largest absolute Gasteiger partial charge is 0.481 e. The van der Waals surface area contributed by atoms with Gasteiger partial charge in [0.15, 0.2) is 0 Å². The molecule has 1 aliphatic rings. The van der Waals surface area contributed by atoms with E-state index in [-0.39, 0.29) is 12.6 Å². The molecule has 2 rings (SSSR count). The lowest BCUT2D eigenvalue weighted by Crippen LogP contribution is -2.42. The third-order valence-corrected chi connectivity index (χ3v) is 4.80. The fraction of sp³-hybridized carbons (Fsp3) is 0.462. The Kier molecular flexibility index (Phi) is 3.91. The van der Waals surface area contributed by atoms with Crippen LogP contribution in [0.4, 0.5) is 0 Å². The Morgan fingerprint density at radius 3 is 2.47 bits per heavy atom. The maximum atomic E-state index is 11.8. The molecule has 0 radical (unpaired) electrons. The molecule has 1 N–H and O–H groups in total. The van der Waals surface area contributed by atoms with E-state index in [2.05, 4.69) is 0 Å². The minimum absolute atomic E-state index is 0.259. The molecule has 104 valence electrons. The van der Waals surface area contributed by atoms with Crippen LogP contribution in [0.5, 0.6) is 0 Å². The van der Waals surface area contributed by atoms with Crippen molar-refractivity contribution in [3.8, 4) is 0 Å². The highest BCUT2D eigenvalue weighted by atomic mass is 32.2. The Bertz CT molecular complexity index is 555. The molecule has 0 aliphatic carbocycles. The summed E-state index contributed by atoms with van der Waals surface area (Å²) in [5.74, 6) is -1.34. The Morgan fingerprint density at radius 2 is 1.95 bits per heavy atom. The molecule has 0 amide bonds. The second kappa shape index (κ2) is 5.30. The molecule has 0 bridgehead atoms. The van der Waals surface area contributed by atoms with Crippen LogP contribution in [0.15, 0.2) is 30.3 Å². The third-order valence-electron chi connectivity index (χ3n) is 3.51. The van der Waals surface area contributed by atoms with E-state index in [4.69, 9.17) is 5.11 Å². The van der Waals surface area contributed by atoms with Crippen molar-refractivity contribution in [2.24, 2.45) is 5.92 Å². The van der Waals surface area contributed by atoms with Crippen LogP contribution in [0, 0.1) is 5.92 Å². The summed E-state index contributed by atoms with van der Waals surface area (Å²) >= 11 is 0. The summed E-state index contributed by atoms with van der Waals surface area (Å²) in [6.07, 6.45) is 1.86. The topological polar surface area (TPSA) is 74.7 Å². The Labute approximate surface area is 112 Å². The van der Waals surface area contributed by atoms with E-state index in [0.29, 0.717) is 12.8 Å². The monoisotopic (exact) mass is 283 g/mol. The predicted molar refractivity (Wildman–Crippen MR) is 71.1 cm³/mol. The van der Waals surface area contributed by atoms with Crippen molar-refractivity contribution in [3.05, 3.63) is 35.9 Å². The fourth-order valence-electron chi connectivity index (χ4n) is 2.54. The molecular formula is C13H17NO4S. The Morgan fingerprint density at radius 1 is 1.32 bits per heavy atom. The number of sulfonamides is 1. The van der Waals surface area contributed by atoms with Crippen LogP contribution < -0.4 is 0 Å². The zero-order chi connectivity index (χ0) is 14.0. The lowest BCUT2D eigenvalue weighted by Gasteiger charge is -2.36. The van der Waals surface area contributed by atoms with E-state index in [9.17, 15) is 13.2 Å². The fourth-order valence-corrected chi connectivity index (χ4v) is 3.65. The van der Waals surface area contributed by atoms with Gasteiger partial charge in [-0.05, 0) is 18.4 Å². The predicted octanol–water partition coefficient (Wildman–Crippen LogP) is 1.48. The van der Waals surface area contributed by atoms with Gasteiger partial charge in [-0.1, -0.05) is 30.3 Å². The van der Waals surface area contributed by atoms with Gasteiger partial charge in [0, 0.05) is 6.54 Å². The van der Waals surface area contributed by atoms with Crippen LogP contribution in [0.1, 0.15) is 24.4 Å². The molecule has 1 saturated heterocycles. The van der Waals surface area contributed by atoms with Gasteiger partial charge < -0.3 is 5.11 Å². The average Bonchev–Trinajstić information content (AvgIpc) is 2.38. The number of hydrogen-bond acceptors (Lipinski definition) is 3. The van der Waals surface area contributed by atoms with Crippen LogP contribution in [0.2, 0.25) is 0 Å². The number of carboxylic acid groups (broad SMARTS) is 1. The molecule has 1 fully saturated rings. The molecule has 1 aliphatic heterocycles. The summed E-state index contributed by atoms with van der Waals surface area (Å²) in [6, 6.07) is 8.82. The summed E-state index contributed by atoms with van der Waals surface area (Å²) in [4.78, 5) is 11.1. The van der Waals surface area contributed by atoms with Gasteiger partial charge in [-0.25, -0.2) is 8.42 Å². The molecule has 19 heavy (non-hydrogen) atoms. The first-order chi connectivity index (χ1) is 8.89. The molecule has 5 nitrogen and oxygen atoms in total. The minimum atomic E-state index is -3.33. The number of rotatable bonds is 3. The van der Waals surface area contributed by atoms with Gasteiger partial charge >= 0.3 is 5.97 Å². The SMILES string of the molecule is CS(=O)(=O)N1CCC(C(=O)O)CC1c1ccccc1. The van der Waals surface area contributed by atoms with Crippen molar-refractivity contribution >= 4 is 16.0 Å². The quantitative estimate of drug-likeness (QED) is 0.912. The highest BCUT2D eigenvalue weighted by Crippen LogP contribution is 2.35. The second-order valence-corrected chi connectivity index (χ2v) is 6.79. The number of benzene rings is 1. The molecule has 6 heteroatoms. The van der Waals surface area contributed by atoms with Gasteiger partial charge in [-0.15, -0.1) is 0 Å². The zero-order valence-electron chi connectivity index (χ0n) is 10.7. The number of carboxylic acids is 1. The molecule has 1 aromatic rings. The van der Waals surface area contributed by atoms with Gasteiger partial charge in [0.05, 0.1) is 18.2 Å². The van der Waals surface area contributed by atoms with Crippen molar-refractivity contribution in [1.82, 2.24) is 4.31 Å². The van der Waals surface area contributed by atoms with Crippen molar-refractivity contribution in [2.45, 2.75) is 18.9 Å². The van der Waals surface area contributed by atoms with Crippen molar-refractivity contribution in [2.75, 3.05) is 12.8 Å². The van der Waals surface area contributed by atoms with E-state index in [1.807, 2.05) is 30.3 Å². The first kappa shape index (κ1) is 14.0. The van der Waals surface area contributed by atoms with Gasteiger partial charge in [0.25, 0.3) is 0 Å². The number of aliphatic carboxylic acids is 1. The third kappa shape index (κ3) is 3.13. The molecule has 1 heterocycles. The molecule has 2 unspecified atom stereocenters. The molecule has 0 aromatic heterocycles. The standard InChI is InChI=1S/C13H17NO4S/c1-19(17,18)14-8-7-11(13(15)16)9-12(14)10-5-3-2-4-6-10/h2-6,11-12H,7-9H2,1H3,(H,15,16). The lowest BCUT2D eigenvalue weighted by atomic mass is 9.89. The number of carbonyl (C=O) groups is 1. The van der Waals surface area contributed by atoms with Gasteiger partial charge in [0.1, 0.15) is 0 Å². The summed E-state index contributed by atoms with van der Waals surface area (Å²) in [6.45, 7) is 0.259. The van der Waals surface area contributed by atoms with E-state index in [1.165, 1.54) is 10.6 Å². The Hall–Kier alpha value is -1.40. The van der Waals surface area contributed by atoms with Gasteiger partial charge in [0.2, 0.25) is 10.0 Å². The van der Waals surface area contributed by atoms with Crippen LogP contribution in [-0.4, -0.2) is 36.6 Å². The van der Waals surface area contributed by atoms with Crippen molar-refractivity contribution < 1.29 is 18.3 Å². The van der Waals surface area contributed by atoms with Crippen LogP contribution in [-0.2, 0) is 14.8 Å². The summed E-state index contributed by atoms with van der Waals surface area (Å²) in [5.41, 5.74) is 0.846. The zero-order valence-corrected chi connectivity index (χ0v) is 11.5. The summed E-state index contributed by atoms with van der Waals surface area (Å²) in [7, 11) is -3.33. The number of hydrogen-bond donors (Lipinski definition) is 1. The first-order valence-electron chi connectivity index (χ1n) is 6.14. The van der Waals surface area contributed by atoms with Crippen LogP contribution in [0.3, 0.4) is 0 Å². The van der Waals surface area contributed by atoms with E-state index >= 15 is 0 Å². The van der Waals surface area contributed by atoms with Gasteiger partial charge in [-0.3, -0.25) is 4.79 Å². The normalized spacial score (nSPS) is 25.1. The first-order valence-corrected chi connectivity index (χ1v) is 7.99. The lowest BCUT2D eigenvalue weighted by molar-refractivity contribution is -0.143. The highest BCUT2D eigenvalue weighted by Gasteiger charge is 2.37. The van der Waals surface area contributed by atoms with E-state index in [0.717, 1.165) is 5.56 Å². The average molecular weight is 283 g/mol. The summed E-state index contributed by atoms with van der Waals surface area (Å²) < 4.78 is 25.1. The maximum absolute atomic E-state index is 11.8. The van der Waals surface area contributed by atoms with Crippen LogP contribution in [0.25, 0.3) is 0 Å². The van der Waals surface area contributed by atoms with E-state index < -0.39 is 21.9 Å². The molecule has 0 saturated carbocycles. The smallest absolute Gasteiger partial charge is 0.306 e. The number of nitrogens with zero attached hydrogens (tertiary/aromatic N) is 1. The minimum Gasteiger partial charge on any atom is -0.481 e. The van der Waals surface area contributed by atoms with Crippen molar-refractivity contribution in [3.63, 3.8) is 0 Å². The molecule has 2 atom stereocenters. The number of piperidine rings is 1. The van der Waals surface area contributed by atoms with E-state index in [1.54, 1.807) is 0 Å². The van der Waals surface area contributed by atoms with Crippen LogP contribution >= 0.6 is 0 Å². The molecular weight excluding hydrogens is 266 g/mol. The second-order valence-electron chi connectivity index (χ2n) is 4.86. The molecule has 1 aromatic carbocycles. The maximum Gasteiger partial charge on any atom is 0.306 e. The Balaban J connectivity index is 2.34. The highest BCUT2D eigenvalue weighted by molar-refractivity contribution is 7.88. The molecule has 0 spiro atoms. The van der Waals surface area contributed by atoms with Crippen molar-refractivity contribution in [1.29, 1.82) is 0 Å². The van der Waals surface area contributed by atoms with Gasteiger partial charge in [-0.2, -0.15) is 4.31 Å².